The Labute approximate surface area is 124 Å². The average Bonchev–Trinajstić information content (AvgIpc) is 2.50. The number of ether oxygens (including phenoxy) is 1. The Balaban J connectivity index is 2.36. The number of nitrogens with one attached hydrogen (secondary N) is 1. The zero-order chi connectivity index (χ0) is 15.1. The molecule has 1 unspecified atom stereocenters. The minimum absolute atomic E-state index is 0.263. The Morgan fingerprint density at radius 1 is 1.24 bits per heavy atom. The summed E-state index contributed by atoms with van der Waals surface area (Å²) in [7, 11) is 0. The highest BCUT2D eigenvalue weighted by molar-refractivity contribution is 5.33. The zero-order valence-corrected chi connectivity index (χ0v) is 12.3. The topological polar surface area (TPSA) is 47.0 Å². The first-order valence-electron chi connectivity index (χ1n) is 7.16. The molecule has 2 rings (SSSR count). The molecule has 2 aromatic heterocycles. The third kappa shape index (κ3) is 3.98. The van der Waals surface area contributed by atoms with Crippen LogP contribution in [-0.2, 0) is 0 Å². The van der Waals surface area contributed by atoms with Gasteiger partial charge in [-0.25, -0.2) is 4.39 Å². The summed E-state index contributed by atoms with van der Waals surface area (Å²) < 4.78 is 19.5. The van der Waals surface area contributed by atoms with Crippen molar-refractivity contribution in [1.82, 2.24) is 15.3 Å². The predicted octanol–water partition coefficient (Wildman–Crippen LogP) is 3.10. The number of hydrogen-bond acceptors (Lipinski definition) is 4. The van der Waals surface area contributed by atoms with Crippen LogP contribution in [0.5, 0.6) is 5.75 Å². The van der Waals surface area contributed by atoms with Crippen LogP contribution in [0.25, 0.3) is 0 Å². The van der Waals surface area contributed by atoms with Gasteiger partial charge < -0.3 is 10.1 Å². The number of rotatable bonds is 7. The van der Waals surface area contributed by atoms with Gasteiger partial charge in [0.05, 0.1) is 25.0 Å². The first-order chi connectivity index (χ1) is 10.3. The quantitative estimate of drug-likeness (QED) is 0.851. The van der Waals surface area contributed by atoms with Crippen LogP contribution >= 0.6 is 0 Å². The summed E-state index contributed by atoms with van der Waals surface area (Å²) in [6.45, 7) is 5.34. The Morgan fingerprint density at radius 2 is 2.10 bits per heavy atom. The van der Waals surface area contributed by atoms with E-state index in [2.05, 4.69) is 22.2 Å². The molecule has 0 amide bonds. The van der Waals surface area contributed by atoms with Crippen molar-refractivity contribution >= 4 is 0 Å². The van der Waals surface area contributed by atoms with E-state index in [4.69, 9.17) is 4.74 Å². The molecule has 1 atom stereocenters. The second kappa shape index (κ2) is 7.69. The van der Waals surface area contributed by atoms with E-state index < -0.39 is 0 Å². The van der Waals surface area contributed by atoms with Gasteiger partial charge in [-0.1, -0.05) is 6.92 Å². The number of aromatic nitrogens is 2. The maximum atomic E-state index is 14.0. The van der Waals surface area contributed by atoms with Gasteiger partial charge in [0.2, 0.25) is 0 Å². The molecule has 2 heterocycles. The van der Waals surface area contributed by atoms with Crippen LogP contribution in [0.15, 0.2) is 36.9 Å². The van der Waals surface area contributed by atoms with Crippen LogP contribution in [0.4, 0.5) is 4.39 Å². The van der Waals surface area contributed by atoms with Crippen molar-refractivity contribution in [3.8, 4) is 5.75 Å². The van der Waals surface area contributed by atoms with Crippen LogP contribution in [0, 0.1) is 5.82 Å². The van der Waals surface area contributed by atoms with Gasteiger partial charge in [0, 0.05) is 18.0 Å². The number of hydrogen-bond donors (Lipinski definition) is 1. The normalized spacial score (nSPS) is 12.1. The van der Waals surface area contributed by atoms with Crippen LogP contribution in [0.1, 0.15) is 37.4 Å². The van der Waals surface area contributed by atoms with E-state index in [1.165, 1.54) is 6.20 Å². The second-order valence-corrected chi connectivity index (χ2v) is 4.67. The minimum atomic E-state index is -0.326. The molecule has 112 valence electrons. The van der Waals surface area contributed by atoms with Crippen molar-refractivity contribution < 1.29 is 9.13 Å². The van der Waals surface area contributed by atoms with Gasteiger partial charge in [-0.3, -0.25) is 9.97 Å². The van der Waals surface area contributed by atoms with Gasteiger partial charge in [0.15, 0.2) is 0 Å². The highest BCUT2D eigenvalue weighted by Gasteiger charge is 2.18. The smallest absolute Gasteiger partial charge is 0.146 e. The van der Waals surface area contributed by atoms with Crippen molar-refractivity contribution in [3.63, 3.8) is 0 Å². The molecule has 0 saturated carbocycles. The molecule has 0 fully saturated rings. The molecule has 2 aromatic rings. The third-order valence-electron chi connectivity index (χ3n) is 3.09. The lowest BCUT2D eigenvalue weighted by Crippen LogP contribution is -2.24. The molecule has 0 radical (unpaired) electrons. The molecule has 0 aromatic carbocycles. The molecule has 0 aliphatic carbocycles. The van der Waals surface area contributed by atoms with Crippen LogP contribution in [-0.4, -0.2) is 23.1 Å². The summed E-state index contributed by atoms with van der Waals surface area (Å²) in [5.41, 5.74) is 1.44. The van der Waals surface area contributed by atoms with Gasteiger partial charge in [-0.05, 0) is 37.6 Å². The molecule has 4 nitrogen and oxygen atoms in total. The summed E-state index contributed by atoms with van der Waals surface area (Å²) in [6, 6.07) is 3.32. The van der Waals surface area contributed by atoms with Crippen LogP contribution in [0.3, 0.4) is 0 Å². The van der Waals surface area contributed by atoms with E-state index in [0.717, 1.165) is 18.5 Å². The van der Waals surface area contributed by atoms with E-state index in [1.54, 1.807) is 24.7 Å². The average molecular weight is 289 g/mol. The number of nitrogens with zero attached hydrogens (tertiary/aromatic N) is 2. The molecule has 0 aliphatic rings. The monoisotopic (exact) mass is 289 g/mol. The van der Waals surface area contributed by atoms with E-state index in [1.807, 2.05) is 13.0 Å². The lowest BCUT2D eigenvalue weighted by Gasteiger charge is -2.20. The number of pyridine rings is 2. The molecule has 5 heteroatoms. The van der Waals surface area contributed by atoms with Gasteiger partial charge in [-0.2, -0.15) is 0 Å². The van der Waals surface area contributed by atoms with Gasteiger partial charge >= 0.3 is 0 Å². The zero-order valence-electron chi connectivity index (χ0n) is 12.3. The minimum Gasteiger partial charge on any atom is -0.492 e. The standard InChI is InChI=1S/C16H20FN3O/c1-3-6-20-16(14-5-7-18-11-15(14)17)12-8-13(21-4-2)10-19-9-12/h5,7-11,16,20H,3-4,6H2,1-2H3. The third-order valence-corrected chi connectivity index (χ3v) is 3.09. The Morgan fingerprint density at radius 3 is 2.81 bits per heavy atom. The van der Waals surface area contributed by atoms with Crippen LogP contribution in [0.2, 0.25) is 0 Å². The molecule has 21 heavy (non-hydrogen) atoms. The SMILES string of the molecule is CCCNC(c1cncc(OCC)c1)c1ccncc1F. The fraction of sp³-hybridized carbons (Fsp3) is 0.375. The summed E-state index contributed by atoms with van der Waals surface area (Å²) in [6.07, 6.45) is 7.18. The van der Waals surface area contributed by atoms with E-state index in [0.29, 0.717) is 17.9 Å². The molecular formula is C16H20FN3O. The summed E-state index contributed by atoms with van der Waals surface area (Å²) in [5, 5.41) is 3.35. The highest BCUT2D eigenvalue weighted by atomic mass is 19.1. The molecule has 0 saturated heterocycles. The van der Waals surface area contributed by atoms with Gasteiger partial charge in [0.1, 0.15) is 11.6 Å². The maximum absolute atomic E-state index is 14.0. The fourth-order valence-electron chi connectivity index (χ4n) is 2.16. The van der Waals surface area contributed by atoms with Crippen molar-refractivity contribution in [2.75, 3.05) is 13.2 Å². The molecule has 0 aliphatic heterocycles. The summed E-state index contributed by atoms with van der Waals surface area (Å²) >= 11 is 0. The van der Waals surface area contributed by atoms with Crippen molar-refractivity contribution in [3.05, 3.63) is 53.9 Å². The van der Waals surface area contributed by atoms with Crippen molar-refractivity contribution in [1.29, 1.82) is 0 Å². The van der Waals surface area contributed by atoms with Crippen molar-refractivity contribution in [2.45, 2.75) is 26.3 Å². The molecule has 0 bridgehead atoms. The molecule has 1 N–H and O–H groups in total. The van der Waals surface area contributed by atoms with Gasteiger partial charge in [0.25, 0.3) is 0 Å². The highest BCUT2D eigenvalue weighted by Crippen LogP contribution is 2.25. The van der Waals surface area contributed by atoms with Gasteiger partial charge in [-0.15, -0.1) is 0 Å². The largest absolute Gasteiger partial charge is 0.492 e. The lowest BCUT2D eigenvalue weighted by molar-refractivity contribution is 0.338. The maximum Gasteiger partial charge on any atom is 0.146 e. The number of halogens is 1. The second-order valence-electron chi connectivity index (χ2n) is 4.67. The van der Waals surface area contributed by atoms with E-state index >= 15 is 0 Å². The Hall–Kier alpha value is -2.01. The van der Waals surface area contributed by atoms with E-state index in [9.17, 15) is 4.39 Å². The lowest BCUT2D eigenvalue weighted by atomic mass is 10.0. The Kier molecular flexibility index (Phi) is 5.63. The summed E-state index contributed by atoms with van der Waals surface area (Å²) in [5.74, 6) is 0.362. The first-order valence-corrected chi connectivity index (χ1v) is 7.16. The summed E-state index contributed by atoms with van der Waals surface area (Å²) in [4.78, 5) is 7.99. The Bertz CT molecular complexity index is 577. The molecular weight excluding hydrogens is 269 g/mol. The molecule has 0 spiro atoms. The predicted molar refractivity (Wildman–Crippen MR) is 79.7 cm³/mol. The van der Waals surface area contributed by atoms with Crippen LogP contribution < -0.4 is 10.1 Å². The van der Waals surface area contributed by atoms with E-state index in [-0.39, 0.29) is 11.9 Å². The van der Waals surface area contributed by atoms with Crippen molar-refractivity contribution in [2.24, 2.45) is 0 Å². The first kappa shape index (κ1) is 15.4. The fourth-order valence-corrected chi connectivity index (χ4v) is 2.16.